The Morgan fingerprint density at radius 3 is 2.65 bits per heavy atom. The summed E-state index contributed by atoms with van der Waals surface area (Å²) < 4.78 is 23.8. The molecule has 9 nitrogen and oxygen atoms in total. The Morgan fingerprint density at radius 1 is 1.10 bits per heavy atom. The first-order valence-electron chi connectivity index (χ1n) is 13.3. The minimum Gasteiger partial charge on any atom is -0.497 e. The average molecular weight is 675 g/mol. The van der Waals surface area contributed by atoms with E-state index in [-0.39, 0.29) is 11.4 Å². The topological polar surface area (TPSA) is 106 Å². The van der Waals surface area contributed by atoms with Gasteiger partial charge in [-0.15, -0.1) is 0 Å². The fourth-order valence-corrected chi connectivity index (χ4v) is 6.60. The van der Waals surface area contributed by atoms with Gasteiger partial charge in [-0.3, -0.25) is 10.2 Å². The highest BCUT2D eigenvalue weighted by Crippen LogP contribution is 2.38. The van der Waals surface area contributed by atoms with Crippen LogP contribution in [0, 0.1) is 14.9 Å². The number of carbonyl (C=O) groups is 1. The maximum atomic E-state index is 13.0. The van der Waals surface area contributed by atoms with Crippen LogP contribution in [0.4, 0.5) is 0 Å². The lowest BCUT2D eigenvalue weighted by atomic mass is 9.90. The first-order valence-corrected chi connectivity index (χ1v) is 15.2. The van der Waals surface area contributed by atoms with Gasteiger partial charge in [-0.1, -0.05) is 25.3 Å². The van der Waals surface area contributed by atoms with Crippen molar-refractivity contribution in [3.63, 3.8) is 0 Å². The van der Waals surface area contributed by atoms with Crippen LogP contribution in [0.5, 0.6) is 23.0 Å². The number of halogens is 1. The number of hydrogen-bond acceptors (Lipinski definition) is 8. The molecule has 3 aliphatic rings. The van der Waals surface area contributed by atoms with Crippen molar-refractivity contribution in [1.82, 2.24) is 5.01 Å². The number of fused-ring (bicyclic) bond motifs is 1. The van der Waals surface area contributed by atoms with Gasteiger partial charge >= 0.3 is 0 Å². The molecule has 0 saturated heterocycles. The monoisotopic (exact) mass is 674 g/mol. The number of methoxy groups -OCH3 is 1. The van der Waals surface area contributed by atoms with E-state index >= 15 is 0 Å². The number of hydrazone groups is 1. The van der Waals surface area contributed by atoms with Gasteiger partial charge in [-0.05, 0) is 90.0 Å². The number of nitrogens with one attached hydrogen (secondary N) is 1. The summed E-state index contributed by atoms with van der Waals surface area (Å²) >= 11 is 3.61. The van der Waals surface area contributed by atoms with Crippen LogP contribution in [-0.4, -0.2) is 53.9 Å². The molecular weight excluding hydrogens is 643 g/mol. The first-order chi connectivity index (χ1) is 19.5. The third-order valence-electron chi connectivity index (χ3n) is 6.71. The summed E-state index contributed by atoms with van der Waals surface area (Å²) in [5.74, 6) is 2.55. The third kappa shape index (κ3) is 6.46. The summed E-state index contributed by atoms with van der Waals surface area (Å²) in [5.41, 5.74) is 0.902. The van der Waals surface area contributed by atoms with E-state index in [9.17, 15) is 4.79 Å². The van der Waals surface area contributed by atoms with E-state index in [4.69, 9.17) is 29.5 Å². The molecule has 1 saturated carbocycles. The number of carbonyl (C=O) groups excluding carboxylic acids is 1. The Morgan fingerprint density at radius 2 is 1.88 bits per heavy atom. The summed E-state index contributed by atoms with van der Waals surface area (Å²) in [6.45, 7) is 2.99. The minimum absolute atomic E-state index is 0.0382. The molecule has 40 heavy (non-hydrogen) atoms. The van der Waals surface area contributed by atoms with E-state index in [1.54, 1.807) is 13.2 Å². The van der Waals surface area contributed by atoms with E-state index in [2.05, 4.69) is 27.6 Å². The molecule has 2 aliphatic heterocycles. The Hall–Kier alpha value is -3.06. The number of aliphatic imine (C=N–C) groups is 1. The summed E-state index contributed by atoms with van der Waals surface area (Å²) in [6.07, 6.45) is 7.49. The highest BCUT2D eigenvalue weighted by Gasteiger charge is 2.38. The van der Waals surface area contributed by atoms with Crippen LogP contribution in [0.2, 0.25) is 0 Å². The van der Waals surface area contributed by atoms with Gasteiger partial charge in [-0.2, -0.15) is 15.1 Å². The predicted octanol–water partition coefficient (Wildman–Crippen LogP) is 6.36. The number of nitrogens with zero attached hydrogens (tertiary/aromatic N) is 3. The molecule has 2 aromatic rings. The fraction of sp³-hybridized carbons (Fsp3) is 0.379. The number of amidine groups is 2. The van der Waals surface area contributed by atoms with Gasteiger partial charge in [0, 0.05) is 12.0 Å². The van der Waals surface area contributed by atoms with Crippen LogP contribution in [0.3, 0.4) is 0 Å². The highest BCUT2D eigenvalue weighted by atomic mass is 127. The molecule has 1 fully saturated rings. The van der Waals surface area contributed by atoms with Crippen molar-refractivity contribution < 1.29 is 23.7 Å². The third-order valence-corrected chi connectivity index (χ3v) is 8.58. The molecule has 0 unspecified atom stereocenters. The normalized spacial score (nSPS) is 18.4. The molecule has 2 heterocycles. The number of hydrogen-bond donors (Lipinski definition) is 1. The lowest BCUT2D eigenvalue weighted by Gasteiger charge is -2.20. The van der Waals surface area contributed by atoms with Crippen LogP contribution in [0.1, 0.15) is 44.6 Å². The molecule has 0 atom stereocenters. The van der Waals surface area contributed by atoms with Crippen molar-refractivity contribution in [2.75, 3.05) is 26.9 Å². The van der Waals surface area contributed by atoms with E-state index in [1.165, 1.54) is 36.0 Å². The zero-order chi connectivity index (χ0) is 28.1. The molecule has 0 spiro atoms. The Balaban J connectivity index is 1.30. The molecule has 0 radical (unpaired) electrons. The first kappa shape index (κ1) is 28.5. The van der Waals surface area contributed by atoms with Crippen LogP contribution >= 0.6 is 34.4 Å². The van der Waals surface area contributed by atoms with Gasteiger partial charge in [-0.25, -0.2) is 0 Å². The van der Waals surface area contributed by atoms with E-state index in [0.29, 0.717) is 53.7 Å². The number of benzene rings is 2. The zero-order valence-corrected chi connectivity index (χ0v) is 25.4. The van der Waals surface area contributed by atoms with Crippen molar-refractivity contribution in [1.29, 1.82) is 5.41 Å². The smallest absolute Gasteiger partial charge is 0.283 e. The lowest BCUT2D eigenvalue weighted by Crippen LogP contribution is -2.35. The van der Waals surface area contributed by atoms with E-state index in [1.807, 2.05) is 43.3 Å². The van der Waals surface area contributed by atoms with Crippen molar-refractivity contribution in [3.8, 4) is 23.0 Å². The molecule has 11 heteroatoms. The summed E-state index contributed by atoms with van der Waals surface area (Å²) in [4.78, 5) is 17.2. The average Bonchev–Trinajstić information content (AvgIpc) is 3.39. The van der Waals surface area contributed by atoms with Crippen LogP contribution in [-0.2, 0) is 4.79 Å². The van der Waals surface area contributed by atoms with Crippen LogP contribution < -0.4 is 18.9 Å². The number of thioether (sulfide) groups is 1. The van der Waals surface area contributed by atoms with E-state index < -0.39 is 5.91 Å². The minimum atomic E-state index is -0.438. The molecule has 1 aliphatic carbocycles. The van der Waals surface area contributed by atoms with Gasteiger partial charge in [0.05, 0.1) is 22.9 Å². The van der Waals surface area contributed by atoms with Crippen molar-refractivity contribution in [3.05, 3.63) is 51.1 Å². The van der Waals surface area contributed by atoms with Gasteiger partial charge in [0.1, 0.15) is 29.8 Å². The number of amides is 1. The quantitative estimate of drug-likeness (QED) is 0.178. The van der Waals surface area contributed by atoms with Gasteiger partial charge in [0.15, 0.2) is 17.3 Å². The van der Waals surface area contributed by atoms with Crippen molar-refractivity contribution >= 4 is 62.4 Å². The van der Waals surface area contributed by atoms with Gasteiger partial charge in [0.2, 0.25) is 5.17 Å². The fourth-order valence-electron chi connectivity index (χ4n) is 4.76. The Labute approximate surface area is 251 Å². The molecule has 1 amide bonds. The summed E-state index contributed by atoms with van der Waals surface area (Å²) in [5, 5.41) is 16.4. The van der Waals surface area contributed by atoms with Crippen LogP contribution in [0.25, 0.3) is 6.08 Å². The maximum absolute atomic E-state index is 13.0. The molecule has 5 rings (SSSR count). The summed E-state index contributed by atoms with van der Waals surface area (Å²) in [7, 11) is 1.61. The molecule has 1 N–H and O–H groups in total. The SMILES string of the molecule is CCOc1cc(/C=C2/C(=N)N3N=C(C4CCCCC4)SC3=NC2=O)cc(I)c1OCCOc1cccc(OC)c1. The largest absolute Gasteiger partial charge is 0.497 e. The van der Waals surface area contributed by atoms with Gasteiger partial charge in [0.25, 0.3) is 5.91 Å². The Bertz CT molecular complexity index is 1390. The second kappa shape index (κ2) is 13.1. The standard InChI is InChI=1S/C29H31IN4O5S/c1-3-37-24-16-18(15-23(30)25(24)39-13-12-38-21-11-7-10-20(17-21)36-2)14-22-26(31)34-29(32-27(22)35)40-28(33-34)19-8-5-4-6-9-19/h7,10-11,14-17,19,31H,3-6,8-9,12-13H2,1-2H3/b22-14-,31-26?. The maximum Gasteiger partial charge on any atom is 0.283 e. The van der Waals surface area contributed by atoms with Crippen LogP contribution in [0.15, 0.2) is 52.1 Å². The predicted molar refractivity (Wildman–Crippen MR) is 166 cm³/mol. The van der Waals surface area contributed by atoms with Gasteiger partial charge < -0.3 is 18.9 Å². The molecule has 0 bridgehead atoms. The molecule has 0 aromatic heterocycles. The van der Waals surface area contributed by atoms with Crippen molar-refractivity contribution in [2.24, 2.45) is 16.0 Å². The van der Waals surface area contributed by atoms with E-state index in [0.717, 1.165) is 27.2 Å². The second-order valence-corrected chi connectivity index (χ2v) is 11.6. The number of ether oxygens (including phenoxy) is 4. The Kier molecular flexibility index (Phi) is 9.30. The molecule has 2 aromatic carbocycles. The highest BCUT2D eigenvalue weighted by molar-refractivity contribution is 14.1. The van der Waals surface area contributed by atoms with Crippen molar-refractivity contribution in [2.45, 2.75) is 39.0 Å². The molecular formula is C29H31IN4O5S. The second-order valence-electron chi connectivity index (χ2n) is 9.43. The number of rotatable bonds is 10. The summed E-state index contributed by atoms with van der Waals surface area (Å²) in [6, 6.07) is 11.1. The lowest BCUT2D eigenvalue weighted by molar-refractivity contribution is -0.114. The zero-order valence-electron chi connectivity index (χ0n) is 22.4. The molecule has 210 valence electrons.